The summed E-state index contributed by atoms with van der Waals surface area (Å²) in [6.07, 6.45) is 7.81. The van der Waals surface area contributed by atoms with Gasteiger partial charge >= 0.3 is 0 Å². The number of rotatable bonds is 4. The summed E-state index contributed by atoms with van der Waals surface area (Å²) in [5.74, 6) is 6.84. The minimum Gasteiger partial charge on any atom is -0.468 e. The van der Waals surface area contributed by atoms with Crippen molar-refractivity contribution in [1.29, 1.82) is 0 Å². The number of benzene rings is 1. The Bertz CT molecular complexity index is 515. The Morgan fingerprint density at radius 3 is 2.35 bits per heavy atom. The Labute approximate surface area is 120 Å². The van der Waals surface area contributed by atoms with Crippen LogP contribution in [0.5, 0.6) is 0 Å². The molecule has 1 atom stereocenters. The van der Waals surface area contributed by atoms with Gasteiger partial charge in [-0.1, -0.05) is 49.6 Å². The first-order valence-corrected chi connectivity index (χ1v) is 7.42. The predicted octanol–water partition coefficient (Wildman–Crippen LogP) is 3.69. The molecule has 1 aliphatic rings. The fourth-order valence-corrected chi connectivity index (χ4v) is 3.67. The van der Waals surface area contributed by atoms with Crippen molar-refractivity contribution < 1.29 is 4.42 Å². The van der Waals surface area contributed by atoms with Crippen molar-refractivity contribution in [2.45, 2.75) is 43.6 Å². The summed E-state index contributed by atoms with van der Waals surface area (Å²) in [4.78, 5) is 0. The van der Waals surface area contributed by atoms with Crippen molar-refractivity contribution in [2.75, 3.05) is 0 Å². The normalized spacial score (nSPS) is 19.6. The first kappa shape index (κ1) is 13.4. The summed E-state index contributed by atoms with van der Waals surface area (Å²) in [6, 6.07) is 14.7. The third-order valence-electron chi connectivity index (χ3n) is 4.64. The third kappa shape index (κ3) is 2.28. The number of hydrogen-bond donors (Lipinski definition) is 2. The molecule has 1 heterocycles. The topological polar surface area (TPSA) is 51.2 Å². The fraction of sp³-hybridized carbons (Fsp3) is 0.412. The molecule has 2 aromatic rings. The molecule has 0 spiro atoms. The van der Waals surface area contributed by atoms with Gasteiger partial charge in [0, 0.05) is 5.41 Å². The number of hydrogen-bond acceptors (Lipinski definition) is 3. The second-order valence-electron chi connectivity index (χ2n) is 5.70. The van der Waals surface area contributed by atoms with Gasteiger partial charge in [-0.2, -0.15) is 0 Å². The molecule has 1 aromatic carbocycles. The minimum atomic E-state index is 0.0280. The highest BCUT2D eigenvalue weighted by Crippen LogP contribution is 2.47. The lowest BCUT2D eigenvalue weighted by molar-refractivity contribution is 0.193. The highest BCUT2D eigenvalue weighted by molar-refractivity contribution is 5.31. The zero-order valence-electron chi connectivity index (χ0n) is 11.7. The van der Waals surface area contributed by atoms with Crippen LogP contribution in [0.25, 0.3) is 0 Å². The van der Waals surface area contributed by atoms with Gasteiger partial charge in [-0.3, -0.25) is 5.84 Å². The van der Waals surface area contributed by atoms with E-state index in [0.717, 1.165) is 18.6 Å². The van der Waals surface area contributed by atoms with E-state index in [4.69, 9.17) is 10.3 Å². The van der Waals surface area contributed by atoms with Crippen LogP contribution in [-0.2, 0) is 5.41 Å². The monoisotopic (exact) mass is 270 g/mol. The molecule has 1 aromatic heterocycles. The van der Waals surface area contributed by atoms with E-state index in [0.29, 0.717) is 0 Å². The van der Waals surface area contributed by atoms with Gasteiger partial charge in [0.05, 0.1) is 12.3 Å². The summed E-state index contributed by atoms with van der Waals surface area (Å²) in [6.45, 7) is 0. The lowest BCUT2D eigenvalue weighted by Crippen LogP contribution is -2.45. The Morgan fingerprint density at radius 2 is 1.75 bits per heavy atom. The molecule has 3 rings (SSSR count). The van der Waals surface area contributed by atoms with E-state index in [1.807, 2.05) is 12.1 Å². The standard InChI is InChI=1S/C17H22N2O/c18-19-16(15-10-7-13-20-15)17(11-5-2-6-12-17)14-8-3-1-4-9-14/h1,3-4,7-10,13,16,19H,2,5-6,11-12,18H2. The van der Waals surface area contributed by atoms with Gasteiger partial charge in [0.15, 0.2) is 0 Å². The smallest absolute Gasteiger partial charge is 0.122 e. The van der Waals surface area contributed by atoms with E-state index in [1.165, 1.54) is 24.8 Å². The van der Waals surface area contributed by atoms with Crippen LogP contribution in [-0.4, -0.2) is 0 Å². The van der Waals surface area contributed by atoms with Crippen LogP contribution < -0.4 is 11.3 Å². The van der Waals surface area contributed by atoms with Crippen molar-refractivity contribution in [3.8, 4) is 0 Å². The summed E-state index contributed by atoms with van der Waals surface area (Å²) in [5.41, 5.74) is 4.41. The zero-order valence-corrected chi connectivity index (χ0v) is 11.7. The molecule has 1 fully saturated rings. The maximum absolute atomic E-state index is 5.91. The number of hydrazine groups is 1. The van der Waals surface area contributed by atoms with E-state index in [1.54, 1.807) is 6.26 Å². The molecule has 0 aliphatic heterocycles. The van der Waals surface area contributed by atoms with Gasteiger partial charge < -0.3 is 4.42 Å². The number of nitrogens with two attached hydrogens (primary N) is 1. The lowest BCUT2D eigenvalue weighted by Gasteiger charge is -2.43. The van der Waals surface area contributed by atoms with Crippen LogP contribution in [0.15, 0.2) is 53.1 Å². The van der Waals surface area contributed by atoms with Crippen molar-refractivity contribution in [3.63, 3.8) is 0 Å². The average Bonchev–Trinajstić information content (AvgIpc) is 3.04. The summed E-state index contributed by atoms with van der Waals surface area (Å²) < 4.78 is 5.64. The molecule has 0 amide bonds. The largest absolute Gasteiger partial charge is 0.468 e. The highest BCUT2D eigenvalue weighted by atomic mass is 16.3. The van der Waals surface area contributed by atoms with Gasteiger partial charge in [0.2, 0.25) is 0 Å². The van der Waals surface area contributed by atoms with E-state index in [9.17, 15) is 0 Å². The Hall–Kier alpha value is -1.58. The average molecular weight is 270 g/mol. The van der Waals surface area contributed by atoms with Gasteiger partial charge in [0.1, 0.15) is 5.76 Å². The molecule has 0 radical (unpaired) electrons. The van der Waals surface area contributed by atoms with Crippen molar-refractivity contribution >= 4 is 0 Å². The van der Waals surface area contributed by atoms with E-state index in [2.05, 4.69) is 35.8 Å². The molecule has 3 nitrogen and oxygen atoms in total. The Kier molecular flexibility index (Phi) is 3.90. The highest BCUT2D eigenvalue weighted by Gasteiger charge is 2.42. The summed E-state index contributed by atoms with van der Waals surface area (Å²) in [5, 5.41) is 0. The quantitative estimate of drug-likeness (QED) is 0.658. The molecule has 0 saturated heterocycles. The summed E-state index contributed by atoms with van der Waals surface area (Å²) >= 11 is 0. The maximum atomic E-state index is 5.91. The molecule has 3 heteroatoms. The van der Waals surface area contributed by atoms with E-state index >= 15 is 0 Å². The van der Waals surface area contributed by atoms with Crippen LogP contribution in [0.3, 0.4) is 0 Å². The first-order chi connectivity index (χ1) is 9.87. The minimum absolute atomic E-state index is 0.0280. The van der Waals surface area contributed by atoms with E-state index in [-0.39, 0.29) is 11.5 Å². The zero-order chi connectivity index (χ0) is 13.8. The molecular formula is C17H22N2O. The third-order valence-corrected chi connectivity index (χ3v) is 4.64. The van der Waals surface area contributed by atoms with Crippen LogP contribution >= 0.6 is 0 Å². The molecular weight excluding hydrogens is 248 g/mol. The van der Waals surface area contributed by atoms with Gasteiger partial charge in [-0.05, 0) is 30.5 Å². The second kappa shape index (κ2) is 5.81. The Morgan fingerprint density at radius 1 is 1.00 bits per heavy atom. The van der Waals surface area contributed by atoms with E-state index < -0.39 is 0 Å². The van der Waals surface area contributed by atoms with Gasteiger partial charge in [0.25, 0.3) is 0 Å². The van der Waals surface area contributed by atoms with Crippen LogP contribution in [0.1, 0.15) is 49.5 Å². The van der Waals surface area contributed by atoms with Crippen LogP contribution in [0.4, 0.5) is 0 Å². The second-order valence-corrected chi connectivity index (χ2v) is 5.70. The molecule has 3 N–H and O–H groups in total. The molecule has 1 saturated carbocycles. The number of nitrogens with one attached hydrogen (secondary N) is 1. The van der Waals surface area contributed by atoms with Gasteiger partial charge in [-0.25, -0.2) is 5.43 Å². The Balaban J connectivity index is 2.05. The maximum Gasteiger partial charge on any atom is 0.122 e. The van der Waals surface area contributed by atoms with Crippen molar-refractivity contribution in [1.82, 2.24) is 5.43 Å². The molecule has 1 unspecified atom stereocenters. The van der Waals surface area contributed by atoms with Crippen molar-refractivity contribution in [3.05, 3.63) is 60.1 Å². The van der Waals surface area contributed by atoms with Crippen LogP contribution in [0, 0.1) is 0 Å². The molecule has 106 valence electrons. The predicted molar refractivity (Wildman–Crippen MR) is 80.0 cm³/mol. The SMILES string of the molecule is NNC(c1ccco1)C1(c2ccccc2)CCCCC1. The lowest BCUT2D eigenvalue weighted by atomic mass is 9.64. The van der Waals surface area contributed by atoms with Crippen LogP contribution in [0.2, 0.25) is 0 Å². The molecule has 1 aliphatic carbocycles. The van der Waals surface area contributed by atoms with Crippen molar-refractivity contribution in [2.24, 2.45) is 5.84 Å². The number of furan rings is 1. The molecule has 0 bridgehead atoms. The fourth-order valence-electron chi connectivity index (χ4n) is 3.67. The first-order valence-electron chi connectivity index (χ1n) is 7.42. The van der Waals surface area contributed by atoms with Gasteiger partial charge in [-0.15, -0.1) is 0 Å². The summed E-state index contributed by atoms with van der Waals surface area (Å²) in [7, 11) is 0. The molecule has 20 heavy (non-hydrogen) atoms.